The first kappa shape index (κ1) is 16.9. The lowest BCUT2D eigenvalue weighted by atomic mass is 9.98. The molecule has 3 nitrogen and oxygen atoms in total. The zero-order valence-corrected chi connectivity index (χ0v) is 14.7. The molecule has 1 heterocycles. The molecule has 0 amide bonds. The Morgan fingerprint density at radius 1 is 1.18 bits per heavy atom. The highest BCUT2D eigenvalue weighted by molar-refractivity contribution is 7.90. The van der Waals surface area contributed by atoms with Crippen LogP contribution in [0.15, 0.2) is 41.8 Å². The van der Waals surface area contributed by atoms with E-state index in [1.165, 1.54) is 11.3 Å². The summed E-state index contributed by atoms with van der Waals surface area (Å²) in [6, 6.07) is 9.68. The Morgan fingerprint density at radius 2 is 1.86 bits per heavy atom. The van der Waals surface area contributed by atoms with Crippen LogP contribution in [0.25, 0.3) is 6.08 Å². The van der Waals surface area contributed by atoms with Gasteiger partial charge in [0.15, 0.2) is 9.84 Å². The minimum absolute atomic E-state index is 0.00128. The molecule has 0 N–H and O–H groups in total. The lowest BCUT2D eigenvalue weighted by molar-refractivity contribution is 0.581. The molecule has 5 heteroatoms. The van der Waals surface area contributed by atoms with Gasteiger partial charge >= 0.3 is 0 Å². The highest BCUT2D eigenvalue weighted by Gasteiger charge is 2.20. The van der Waals surface area contributed by atoms with Gasteiger partial charge in [-0.2, -0.15) is 0 Å². The summed E-state index contributed by atoms with van der Waals surface area (Å²) in [5.41, 5.74) is 1.60. The maximum absolute atomic E-state index is 12.2. The summed E-state index contributed by atoms with van der Waals surface area (Å²) in [7, 11) is -3.18. The van der Waals surface area contributed by atoms with Crippen molar-refractivity contribution in [2.24, 2.45) is 0 Å². The highest BCUT2D eigenvalue weighted by Crippen LogP contribution is 2.26. The van der Waals surface area contributed by atoms with Gasteiger partial charge in [-0.3, -0.25) is 0 Å². The zero-order valence-electron chi connectivity index (χ0n) is 13.1. The third kappa shape index (κ3) is 5.07. The van der Waals surface area contributed by atoms with Gasteiger partial charge in [-0.25, -0.2) is 13.4 Å². The van der Waals surface area contributed by atoms with E-state index >= 15 is 0 Å². The van der Waals surface area contributed by atoms with E-state index < -0.39 is 9.84 Å². The Labute approximate surface area is 136 Å². The predicted molar refractivity (Wildman–Crippen MR) is 93.8 cm³/mol. The summed E-state index contributed by atoms with van der Waals surface area (Å²) in [5.74, 6) is 0.0307. The van der Waals surface area contributed by atoms with Crippen LogP contribution in [0.1, 0.15) is 37.0 Å². The third-order valence-corrected chi connectivity index (χ3v) is 5.77. The van der Waals surface area contributed by atoms with E-state index in [-0.39, 0.29) is 16.9 Å². The SMILES string of the molecule is CC(C)(C)c1nc(CS(=O)(=O)CC=Cc2ccccc2)cs1. The van der Waals surface area contributed by atoms with E-state index in [2.05, 4.69) is 25.8 Å². The van der Waals surface area contributed by atoms with E-state index in [0.29, 0.717) is 5.69 Å². The second kappa shape index (κ2) is 6.75. The van der Waals surface area contributed by atoms with Crippen LogP contribution < -0.4 is 0 Å². The fourth-order valence-corrected chi connectivity index (χ4v) is 4.02. The van der Waals surface area contributed by atoms with Crippen LogP contribution in [-0.2, 0) is 21.0 Å². The van der Waals surface area contributed by atoms with Gasteiger partial charge in [0, 0.05) is 10.8 Å². The summed E-state index contributed by atoms with van der Waals surface area (Å²) in [5, 5.41) is 2.82. The minimum Gasteiger partial charge on any atom is -0.245 e. The number of thiazole rings is 1. The van der Waals surface area contributed by atoms with Crippen molar-refractivity contribution >= 4 is 27.3 Å². The van der Waals surface area contributed by atoms with Gasteiger partial charge in [0.2, 0.25) is 0 Å². The third-order valence-electron chi connectivity index (χ3n) is 3.02. The van der Waals surface area contributed by atoms with Gasteiger partial charge < -0.3 is 0 Å². The van der Waals surface area contributed by atoms with Gasteiger partial charge in [0.1, 0.15) is 0 Å². The molecule has 0 atom stereocenters. The summed E-state index contributed by atoms with van der Waals surface area (Å²) < 4.78 is 24.3. The van der Waals surface area contributed by atoms with Gasteiger partial charge in [0.25, 0.3) is 0 Å². The van der Waals surface area contributed by atoms with Crippen LogP contribution in [0, 0.1) is 0 Å². The molecule has 1 aromatic heterocycles. The molecule has 0 spiro atoms. The quantitative estimate of drug-likeness (QED) is 0.827. The van der Waals surface area contributed by atoms with Crippen molar-refractivity contribution in [1.29, 1.82) is 0 Å². The lowest BCUT2D eigenvalue weighted by Crippen LogP contribution is -2.12. The maximum Gasteiger partial charge on any atom is 0.159 e. The van der Waals surface area contributed by atoms with Crippen molar-refractivity contribution < 1.29 is 8.42 Å². The van der Waals surface area contributed by atoms with Crippen molar-refractivity contribution in [3.05, 3.63) is 58.1 Å². The summed E-state index contributed by atoms with van der Waals surface area (Å²) >= 11 is 1.52. The number of benzene rings is 1. The van der Waals surface area contributed by atoms with Crippen molar-refractivity contribution in [3.8, 4) is 0 Å². The molecule has 118 valence electrons. The van der Waals surface area contributed by atoms with Crippen molar-refractivity contribution in [3.63, 3.8) is 0 Å². The smallest absolute Gasteiger partial charge is 0.159 e. The molecule has 0 aliphatic carbocycles. The Bertz CT molecular complexity index is 738. The molecule has 0 radical (unpaired) electrons. The van der Waals surface area contributed by atoms with E-state index in [1.54, 1.807) is 6.08 Å². The largest absolute Gasteiger partial charge is 0.245 e. The first-order valence-corrected chi connectivity index (χ1v) is 9.83. The van der Waals surface area contributed by atoms with E-state index in [1.807, 2.05) is 41.8 Å². The molecule has 0 saturated carbocycles. The van der Waals surface area contributed by atoms with E-state index in [0.717, 1.165) is 10.6 Å². The Kier molecular flexibility index (Phi) is 5.19. The van der Waals surface area contributed by atoms with Gasteiger partial charge in [-0.05, 0) is 5.56 Å². The summed E-state index contributed by atoms with van der Waals surface area (Å²) in [6.45, 7) is 6.23. The van der Waals surface area contributed by atoms with Crippen molar-refractivity contribution in [2.45, 2.75) is 31.9 Å². The second-order valence-corrected chi connectivity index (χ2v) is 9.23. The molecule has 0 saturated heterocycles. The van der Waals surface area contributed by atoms with Gasteiger partial charge in [-0.1, -0.05) is 63.3 Å². The zero-order chi connectivity index (χ0) is 16.2. The topological polar surface area (TPSA) is 47.0 Å². The Balaban J connectivity index is 1.99. The number of rotatable bonds is 5. The molecule has 0 aliphatic heterocycles. The molecular formula is C17H21NO2S2. The number of aromatic nitrogens is 1. The van der Waals surface area contributed by atoms with Crippen LogP contribution in [0.4, 0.5) is 0 Å². The summed E-state index contributed by atoms with van der Waals surface area (Å²) in [6.07, 6.45) is 3.53. The predicted octanol–water partition coefficient (Wildman–Crippen LogP) is 4.07. The maximum atomic E-state index is 12.2. The fraction of sp³-hybridized carbons (Fsp3) is 0.353. The molecule has 0 unspecified atom stereocenters. The van der Waals surface area contributed by atoms with Crippen LogP contribution >= 0.6 is 11.3 Å². The monoisotopic (exact) mass is 335 g/mol. The minimum atomic E-state index is -3.18. The Hall–Kier alpha value is -1.46. The average molecular weight is 335 g/mol. The molecule has 2 rings (SSSR count). The molecular weight excluding hydrogens is 314 g/mol. The van der Waals surface area contributed by atoms with Crippen LogP contribution in [0.5, 0.6) is 0 Å². The van der Waals surface area contributed by atoms with Crippen LogP contribution in [-0.4, -0.2) is 19.2 Å². The van der Waals surface area contributed by atoms with Crippen molar-refractivity contribution in [1.82, 2.24) is 4.98 Å². The molecule has 0 bridgehead atoms. The number of hydrogen-bond acceptors (Lipinski definition) is 4. The molecule has 1 aromatic carbocycles. The van der Waals surface area contributed by atoms with Crippen LogP contribution in [0.3, 0.4) is 0 Å². The molecule has 0 aliphatic rings. The van der Waals surface area contributed by atoms with E-state index in [4.69, 9.17) is 0 Å². The standard InChI is InChI=1S/C17H21NO2S2/c1-17(2,3)16-18-15(12-21-16)13-22(19,20)11-7-10-14-8-5-4-6-9-14/h4-10,12H,11,13H2,1-3H3. The number of hydrogen-bond donors (Lipinski definition) is 0. The summed E-state index contributed by atoms with van der Waals surface area (Å²) in [4.78, 5) is 4.45. The molecule has 2 aromatic rings. The van der Waals surface area contributed by atoms with Crippen LogP contribution in [0.2, 0.25) is 0 Å². The first-order valence-electron chi connectivity index (χ1n) is 7.13. The number of nitrogens with zero attached hydrogens (tertiary/aromatic N) is 1. The molecule has 0 fully saturated rings. The van der Waals surface area contributed by atoms with Gasteiger partial charge in [0.05, 0.1) is 22.2 Å². The Morgan fingerprint density at radius 3 is 2.45 bits per heavy atom. The average Bonchev–Trinajstić information content (AvgIpc) is 2.87. The fourth-order valence-electron chi connectivity index (χ4n) is 1.90. The highest BCUT2D eigenvalue weighted by atomic mass is 32.2. The van der Waals surface area contributed by atoms with E-state index in [9.17, 15) is 8.42 Å². The number of sulfone groups is 1. The first-order chi connectivity index (χ1) is 10.3. The normalized spacial score (nSPS) is 12.9. The second-order valence-electron chi connectivity index (χ2n) is 6.26. The van der Waals surface area contributed by atoms with Gasteiger partial charge in [-0.15, -0.1) is 11.3 Å². The molecule has 22 heavy (non-hydrogen) atoms. The lowest BCUT2D eigenvalue weighted by Gasteiger charge is -2.13. The van der Waals surface area contributed by atoms with Crippen molar-refractivity contribution in [2.75, 3.05) is 5.75 Å².